The van der Waals surface area contributed by atoms with Crippen LogP contribution in [0.2, 0.25) is 0 Å². The maximum Gasteiger partial charge on any atom is 0.309 e. The van der Waals surface area contributed by atoms with E-state index in [0.29, 0.717) is 106 Å². The van der Waals surface area contributed by atoms with Gasteiger partial charge in [-0.25, -0.2) is 0 Å². The molecule has 1 aromatic carbocycles. The van der Waals surface area contributed by atoms with Gasteiger partial charge in [0.2, 0.25) is 0 Å². The van der Waals surface area contributed by atoms with E-state index in [0.717, 1.165) is 13.1 Å². The third kappa shape index (κ3) is 35.4. The second-order valence-corrected chi connectivity index (χ2v) is 15.4. The molecule has 17 heteroatoms. The molecule has 0 heterocycles. The van der Waals surface area contributed by atoms with Crippen LogP contribution in [0.3, 0.4) is 0 Å². The highest BCUT2D eigenvalue weighted by Crippen LogP contribution is 2.15. The molecule has 0 aliphatic carbocycles. The summed E-state index contributed by atoms with van der Waals surface area (Å²) < 4.78 is 78.6. The summed E-state index contributed by atoms with van der Waals surface area (Å²) in [4.78, 5) is 23.7. The van der Waals surface area contributed by atoms with Crippen LogP contribution in [0, 0.1) is 6.92 Å². The van der Waals surface area contributed by atoms with Gasteiger partial charge in [0.05, 0.1) is 161 Å². The highest BCUT2D eigenvalue weighted by atomic mass is 16.6. The molecule has 368 valence electrons. The molecule has 0 amide bonds. The van der Waals surface area contributed by atoms with Gasteiger partial charge in [0.1, 0.15) is 13.2 Å². The van der Waals surface area contributed by atoms with Crippen molar-refractivity contribution in [2.45, 2.75) is 111 Å². The average molecular weight is 906 g/mol. The molecule has 0 aliphatic rings. The van der Waals surface area contributed by atoms with E-state index in [1.54, 1.807) is 0 Å². The van der Waals surface area contributed by atoms with Crippen LogP contribution in [0.25, 0.3) is 0 Å². The van der Waals surface area contributed by atoms with E-state index in [9.17, 15) is 9.59 Å². The zero-order valence-electron chi connectivity index (χ0n) is 40.0. The second-order valence-electron chi connectivity index (χ2n) is 15.4. The van der Waals surface area contributed by atoms with Crippen LogP contribution in [0.1, 0.15) is 67.4 Å². The Morgan fingerprint density at radius 1 is 0.524 bits per heavy atom. The number of carbonyl (C=O) groups excluding carboxylic acids is 2. The van der Waals surface area contributed by atoms with E-state index in [1.807, 2.05) is 48.5 Å². The summed E-state index contributed by atoms with van der Waals surface area (Å²) in [6, 6.07) is 8.54. The van der Waals surface area contributed by atoms with Crippen molar-refractivity contribution in [3.8, 4) is 0 Å². The van der Waals surface area contributed by atoms with Gasteiger partial charge in [-0.05, 0) is 80.0 Å². The third-order valence-corrected chi connectivity index (χ3v) is 9.03. The summed E-state index contributed by atoms with van der Waals surface area (Å²) >= 11 is 0. The standard InChI is InChI=1S/C46H83NO16/c1-10-47(45-13-11-12-37(2)28-45)15-17-54-29-38(3)58-31-40(5)60-33-42(7)62-35-44(9)63-34-43(8)61-32-41(6)59-30-39(4)56-26-24-52-22-20-50-18-19-51-21-23-53-25-27-57-46(49)14-16-55-36-48/h11-13,28,36,38-44H,10,14-27,29-35H2,1-9H3. The minimum absolute atomic E-state index is 0.00633. The Kier molecular flexibility index (Phi) is 37.0. The van der Waals surface area contributed by atoms with Gasteiger partial charge in [0.25, 0.3) is 6.47 Å². The first-order chi connectivity index (χ1) is 30.4. The number of benzene rings is 1. The van der Waals surface area contributed by atoms with Crippen LogP contribution in [0.15, 0.2) is 24.3 Å². The number of esters is 1. The summed E-state index contributed by atoms with van der Waals surface area (Å²) in [5, 5.41) is 0. The predicted molar refractivity (Wildman–Crippen MR) is 239 cm³/mol. The van der Waals surface area contributed by atoms with Gasteiger partial charge in [0.15, 0.2) is 0 Å². The predicted octanol–water partition coefficient (Wildman–Crippen LogP) is 4.85. The van der Waals surface area contributed by atoms with Crippen molar-refractivity contribution < 1.29 is 75.9 Å². The van der Waals surface area contributed by atoms with E-state index >= 15 is 0 Å². The summed E-state index contributed by atoms with van der Waals surface area (Å²) in [5.74, 6) is -0.446. The molecule has 7 unspecified atom stereocenters. The van der Waals surface area contributed by atoms with Gasteiger partial charge in [-0.15, -0.1) is 0 Å². The Hall–Kier alpha value is -2.52. The second kappa shape index (κ2) is 39.8. The normalized spacial score (nSPS) is 15.0. The number of nitrogens with zero attached hydrogens (tertiary/aromatic N) is 1. The fourth-order valence-electron chi connectivity index (χ4n) is 5.40. The first kappa shape index (κ1) is 58.5. The molecule has 0 fully saturated rings. The van der Waals surface area contributed by atoms with Crippen molar-refractivity contribution in [1.29, 1.82) is 0 Å². The zero-order chi connectivity index (χ0) is 46.3. The lowest BCUT2D eigenvalue weighted by atomic mass is 10.2. The Bertz CT molecular complexity index is 1220. The van der Waals surface area contributed by atoms with Gasteiger partial charge < -0.3 is 71.2 Å². The van der Waals surface area contributed by atoms with Crippen LogP contribution in [-0.2, 0) is 75.9 Å². The fraction of sp³-hybridized carbons (Fsp3) is 0.826. The molecule has 1 aromatic rings. The van der Waals surface area contributed by atoms with Crippen molar-refractivity contribution in [1.82, 2.24) is 0 Å². The number of likely N-dealkylation sites (N-methyl/N-ethyl adjacent to an activating group) is 1. The molecule has 1 rings (SSSR count). The molecule has 0 spiro atoms. The zero-order valence-corrected chi connectivity index (χ0v) is 40.0. The minimum atomic E-state index is -0.446. The molecule has 0 aliphatic heterocycles. The third-order valence-electron chi connectivity index (χ3n) is 9.03. The van der Waals surface area contributed by atoms with Crippen LogP contribution in [0.5, 0.6) is 0 Å². The lowest BCUT2D eigenvalue weighted by Crippen LogP contribution is -2.30. The first-order valence-electron chi connectivity index (χ1n) is 22.7. The number of rotatable bonds is 45. The van der Waals surface area contributed by atoms with Crippen molar-refractivity contribution in [3.63, 3.8) is 0 Å². The SMILES string of the molecule is CCN(CCOCC(C)OCC(C)OCC(C)OCC(C)OCC(C)OCC(C)OCC(C)OCCOCCOCCOCCOCCOC(=O)CCOC=O)c1cccc(C)c1. The van der Waals surface area contributed by atoms with Crippen molar-refractivity contribution in [2.75, 3.05) is 144 Å². The summed E-state index contributed by atoms with van der Waals surface area (Å²) in [7, 11) is 0. The Balaban J connectivity index is 1.94. The Morgan fingerprint density at radius 3 is 1.37 bits per heavy atom. The molecular weight excluding hydrogens is 822 g/mol. The van der Waals surface area contributed by atoms with E-state index in [1.165, 1.54) is 11.3 Å². The molecule has 0 aromatic heterocycles. The topological polar surface area (TPSA) is 167 Å². The number of aryl methyl sites for hydroxylation is 1. The van der Waals surface area contributed by atoms with E-state index in [-0.39, 0.29) is 75.4 Å². The number of anilines is 1. The van der Waals surface area contributed by atoms with Crippen molar-refractivity contribution >= 4 is 18.1 Å². The Labute approximate surface area is 378 Å². The lowest BCUT2D eigenvalue weighted by molar-refractivity contribution is -0.147. The number of carbonyl (C=O) groups is 2. The molecule has 0 saturated heterocycles. The fourth-order valence-corrected chi connectivity index (χ4v) is 5.40. The average Bonchev–Trinajstić information content (AvgIpc) is 3.27. The van der Waals surface area contributed by atoms with E-state index < -0.39 is 5.97 Å². The number of hydrogen-bond acceptors (Lipinski definition) is 17. The van der Waals surface area contributed by atoms with Gasteiger partial charge >= 0.3 is 5.97 Å². The first-order valence-corrected chi connectivity index (χ1v) is 22.7. The molecule has 0 bridgehead atoms. The maximum absolute atomic E-state index is 11.3. The summed E-state index contributed by atoms with van der Waals surface area (Å²) in [6.07, 6.45) is -0.532. The highest BCUT2D eigenvalue weighted by molar-refractivity contribution is 5.69. The minimum Gasteiger partial charge on any atom is -0.467 e. The van der Waals surface area contributed by atoms with Gasteiger partial charge in [-0.2, -0.15) is 0 Å². The van der Waals surface area contributed by atoms with Crippen LogP contribution in [-0.4, -0.2) is 194 Å². The molecule has 63 heavy (non-hydrogen) atoms. The molecule has 7 atom stereocenters. The van der Waals surface area contributed by atoms with Gasteiger partial charge in [-0.1, -0.05) is 12.1 Å². The van der Waals surface area contributed by atoms with Crippen LogP contribution >= 0.6 is 0 Å². The summed E-state index contributed by atoms with van der Waals surface area (Å²) in [6.45, 7) is 28.0. The highest BCUT2D eigenvalue weighted by Gasteiger charge is 2.15. The number of hydrogen-bond donors (Lipinski definition) is 0. The molecule has 0 radical (unpaired) electrons. The van der Waals surface area contributed by atoms with E-state index in [4.69, 9.17) is 61.6 Å². The molecule has 0 saturated carbocycles. The van der Waals surface area contributed by atoms with Crippen molar-refractivity contribution in [3.05, 3.63) is 29.8 Å². The maximum atomic E-state index is 11.3. The van der Waals surface area contributed by atoms with Crippen molar-refractivity contribution in [2.24, 2.45) is 0 Å². The molecule has 17 nitrogen and oxygen atoms in total. The van der Waals surface area contributed by atoms with Crippen LogP contribution in [0.4, 0.5) is 5.69 Å². The van der Waals surface area contributed by atoms with Gasteiger partial charge in [-0.3, -0.25) is 9.59 Å². The lowest BCUT2D eigenvalue weighted by Gasteiger charge is -2.24. The molecular formula is C46H83NO16. The number of ether oxygens (including phenoxy) is 14. The molecule has 0 N–H and O–H groups in total. The Morgan fingerprint density at radius 2 is 0.937 bits per heavy atom. The largest absolute Gasteiger partial charge is 0.467 e. The monoisotopic (exact) mass is 906 g/mol. The smallest absolute Gasteiger partial charge is 0.309 e. The van der Waals surface area contributed by atoms with Gasteiger partial charge in [0, 0.05) is 18.8 Å². The summed E-state index contributed by atoms with van der Waals surface area (Å²) in [5.41, 5.74) is 2.48. The van der Waals surface area contributed by atoms with Crippen LogP contribution < -0.4 is 4.90 Å². The quantitative estimate of drug-likeness (QED) is 0.0495. The van der Waals surface area contributed by atoms with E-state index in [2.05, 4.69) is 47.7 Å².